The number of aromatic amines is 1. The number of hydrogen-bond donors (Lipinski definition) is 3. The monoisotopic (exact) mass is 300 g/mol. The smallest absolute Gasteiger partial charge is 0.0771 e. The Morgan fingerprint density at radius 1 is 1.27 bits per heavy atom. The lowest BCUT2D eigenvalue weighted by atomic mass is 9.86. The van der Waals surface area contributed by atoms with Crippen LogP contribution in [0.5, 0.6) is 0 Å². The van der Waals surface area contributed by atoms with E-state index >= 15 is 0 Å². The minimum atomic E-state index is -0.556. The van der Waals surface area contributed by atoms with Crippen molar-refractivity contribution in [3.63, 3.8) is 0 Å². The second-order valence-electron chi connectivity index (χ2n) is 6.98. The van der Waals surface area contributed by atoms with E-state index in [0.717, 1.165) is 38.6 Å². The lowest BCUT2D eigenvalue weighted by Crippen LogP contribution is -2.42. The summed E-state index contributed by atoms with van der Waals surface area (Å²) in [5.74, 6) is 0.532. The molecule has 3 heteroatoms. The molecule has 1 aromatic carbocycles. The highest BCUT2D eigenvalue weighted by atomic mass is 16.3. The Labute approximate surface area is 133 Å². The van der Waals surface area contributed by atoms with Gasteiger partial charge in [-0.2, -0.15) is 0 Å². The van der Waals surface area contributed by atoms with Crippen LogP contribution in [0.1, 0.15) is 44.4 Å². The van der Waals surface area contributed by atoms with Gasteiger partial charge in [-0.25, -0.2) is 0 Å². The lowest BCUT2D eigenvalue weighted by molar-refractivity contribution is 0.0137. The summed E-state index contributed by atoms with van der Waals surface area (Å²) >= 11 is 0. The van der Waals surface area contributed by atoms with Crippen LogP contribution in [-0.2, 0) is 12.8 Å². The van der Waals surface area contributed by atoms with Crippen molar-refractivity contribution < 1.29 is 5.11 Å². The number of rotatable bonds is 1. The van der Waals surface area contributed by atoms with Gasteiger partial charge in [-0.1, -0.05) is 32.0 Å². The van der Waals surface area contributed by atoms with Gasteiger partial charge >= 0.3 is 0 Å². The van der Waals surface area contributed by atoms with Gasteiger partial charge in [-0.15, -0.1) is 0 Å². The maximum absolute atomic E-state index is 10.7. The molecule has 1 aromatic heterocycles. The minimum absolute atomic E-state index is 0.532. The number of aliphatic hydroxyl groups is 1. The molecular formula is C19H28N2O. The molecule has 2 atom stereocenters. The highest BCUT2D eigenvalue weighted by Crippen LogP contribution is 2.28. The Morgan fingerprint density at radius 2 is 2.09 bits per heavy atom. The normalized spacial score (nSPS) is 27.3. The molecule has 0 fully saturated rings. The number of para-hydroxylation sites is 1. The number of β-amino-alcohol motifs (C(OH)–C–C–N with tert-alkyl or cyclic N) is 1. The maximum Gasteiger partial charge on any atom is 0.0771 e. The van der Waals surface area contributed by atoms with Crippen molar-refractivity contribution >= 4 is 10.9 Å². The zero-order valence-corrected chi connectivity index (χ0v) is 13.8. The molecule has 1 aliphatic heterocycles. The van der Waals surface area contributed by atoms with Crippen LogP contribution < -0.4 is 5.32 Å². The van der Waals surface area contributed by atoms with Crippen LogP contribution in [-0.4, -0.2) is 28.8 Å². The number of benzene rings is 1. The maximum atomic E-state index is 10.7. The van der Waals surface area contributed by atoms with Gasteiger partial charge in [0.15, 0.2) is 0 Å². The molecule has 0 aliphatic carbocycles. The van der Waals surface area contributed by atoms with Crippen molar-refractivity contribution in [3.05, 3.63) is 35.5 Å². The lowest BCUT2D eigenvalue weighted by Gasteiger charge is -2.30. The van der Waals surface area contributed by atoms with E-state index in [1.54, 1.807) is 0 Å². The van der Waals surface area contributed by atoms with Crippen LogP contribution in [0.15, 0.2) is 24.3 Å². The summed E-state index contributed by atoms with van der Waals surface area (Å²) in [5, 5.41) is 15.6. The van der Waals surface area contributed by atoms with E-state index in [-0.39, 0.29) is 0 Å². The predicted molar refractivity (Wildman–Crippen MR) is 92.2 cm³/mol. The summed E-state index contributed by atoms with van der Waals surface area (Å²) < 4.78 is 0. The van der Waals surface area contributed by atoms with E-state index in [4.69, 9.17) is 0 Å². The summed E-state index contributed by atoms with van der Waals surface area (Å²) in [6, 6.07) is 8.60. The first kappa shape index (κ1) is 15.6. The fraction of sp³-hybridized carbons (Fsp3) is 0.579. The van der Waals surface area contributed by atoms with Gasteiger partial charge in [0.2, 0.25) is 0 Å². The average molecular weight is 300 g/mol. The van der Waals surface area contributed by atoms with Crippen LogP contribution in [0.25, 0.3) is 10.9 Å². The summed E-state index contributed by atoms with van der Waals surface area (Å²) in [6.07, 6.45) is 4.92. The van der Waals surface area contributed by atoms with E-state index in [1.165, 1.54) is 22.2 Å². The van der Waals surface area contributed by atoms with Crippen molar-refractivity contribution in [2.45, 2.75) is 51.6 Å². The van der Waals surface area contributed by atoms with Crippen molar-refractivity contribution in [2.24, 2.45) is 5.92 Å². The molecule has 120 valence electrons. The van der Waals surface area contributed by atoms with E-state index in [1.807, 2.05) is 0 Å². The first-order chi connectivity index (χ1) is 10.6. The van der Waals surface area contributed by atoms with E-state index in [0.29, 0.717) is 12.5 Å². The molecule has 0 radical (unpaired) electrons. The first-order valence-corrected chi connectivity index (χ1v) is 8.63. The fourth-order valence-electron chi connectivity index (χ4n) is 3.77. The SMILES string of the molecule is CCC1(O)CNCCc2c([nH]c3ccccc23)CCC(C)C1. The Kier molecular flexibility index (Phi) is 4.55. The largest absolute Gasteiger partial charge is 0.389 e. The molecule has 2 unspecified atom stereocenters. The van der Waals surface area contributed by atoms with Gasteiger partial charge in [0.1, 0.15) is 0 Å². The molecule has 0 amide bonds. The van der Waals surface area contributed by atoms with E-state index in [2.05, 4.69) is 48.4 Å². The number of fused-ring (bicyclic) bond motifs is 3. The summed E-state index contributed by atoms with van der Waals surface area (Å²) in [4.78, 5) is 3.62. The van der Waals surface area contributed by atoms with Crippen LogP contribution in [0.2, 0.25) is 0 Å². The zero-order valence-electron chi connectivity index (χ0n) is 13.8. The standard InChI is InChI=1S/C19H28N2O/c1-3-19(22)12-14(2)8-9-18-16(10-11-20-13-19)15-6-4-5-7-17(15)21-18/h4-7,14,20-22H,3,8-13H2,1-2H3. The number of H-pyrrole nitrogens is 1. The van der Waals surface area contributed by atoms with Gasteiger partial charge in [-0.3, -0.25) is 0 Å². The van der Waals surface area contributed by atoms with E-state index < -0.39 is 5.60 Å². The third-order valence-electron chi connectivity index (χ3n) is 5.18. The van der Waals surface area contributed by atoms with Crippen LogP contribution in [0.3, 0.4) is 0 Å². The highest BCUT2D eigenvalue weighted by Gasteiger charge is 2.27. The van der Waals surface area contributed by atoms with Crippen molar-refractivity contribution in [2.75, 3.05) is 13.1 Å². The fourth-order valence-corrected chi connectivity index (χ4v) is 3.77. The van der Waals surface area contributed by atoms with Crippen molar-refractivity contribution in [3.8, 4) is 0 Å². The van der Waals surface area contributed by atoms with Crippen molar-refractivity contribution in [1.29, 1.82) is 0 Å². The second-order valence-corrected chi connectivity index (χ2v) is 6.98. The quantitative estimate of drug-likeness (QED) is 0.756. The Hall–Kier alpha value is -1.32. The van der Waals surface area contributed by atoms with Gasteiger partial charge < -0.3 is 15.4 Å². The number of aromatic nitrogens is 1. The molecule has 1 aliphatic rings. The molecule has 22 heavy (non-hydrogen) atoms. The van der Waals surface area contributed by atoms with Crippen LogP contribution in [0, 0.1) is 5.92 Å². The van der Waals surface area contributed by atoms with Crippen LogP contribution in [0.4, 0.5) is 0 Å². The third kappa shape index (κ3) is 3.21. The van der Waals surface area contributed by atoms with Gasteiger partial charge in [0, 0.05) is 23.1 Å². The third-order valence-corrected chi connectivity index (χ3v) is 5.18. The highest BCUT2D eigenvalue weighted by molar-refractivity contribution is 5.84. The summed E-state index contributed by atoms with van der Waals surface area (Å²) in [7, 11) is 0. The van der Waals surface area contributed by atoms with Gasteiger partial charge in [-0.05, 0) is 56.2 Å². The number of aryl methyl sites for hydroxylation is 1. The molecule has 2 aromatic rings. The Balaban J connectivity index is 1.87. The number of hydrogen-bond acceptors (Lipinski definition) is 2. The average Bonchev–Trinajstić information content (AvgIpc) is 2.86. The van der Waals surface area contributed by atoms with Gasteiger partial charge in [0.05, 0.1) is 5.60 Å². The predicted octanol–water partition coefficient (Wildman–Crippen LogP) is 3.41. The molecule has 3 N–H and O–H groups in total. The summed E-state index contributed by atoms with van der Waals surface area (Å²) in [6.45, 7) is 5.97. The first-order valence-electron chi connectivity index (χ1n) is 8.63. The molecule has 3 nitrogen and oxygen atoms in total. The van der Waals surface area contributed by atoms with Crippen LogP contribution >= 0.6 is 0 Å². The molecular weight excluding hydrogens is 272 g/mol. The molecule has 3 rings (SSSR count). The van der Waals surface area contributed by atoms with Gasteiger partial charge in [0.25, 0.3) is 0 Å². The molecule has 0 spiro atoms. The topological polar surface area (TPSA) is 48.0 Å². The zero-order chi connectivity index (χ0) is 15.6. The Bertz CT molecular complexity index is 633. The molecule has 0 saturated heterocycles. The van der Waals surface area contributed by atoms with E-state index in [9.17, 15) is 5.11 Å². The molecule has 0 saturated carbocycles. The Morgan fingerprint density at radius 3 is 2.91 bits per heavy atom. The summed E-state index contributed by atoms with van der Waals surface area (Å²) in [5.41, 5.74) is 3.54. The molecule has 2 heterocycles. The van der Waals surface area contributed by atoms with Crippen molar-refractivity contribution in [1.82, 2.24) is 10.3 Å². The molecule has 0 bridgehead atoms. The number of nitrogens with one attached hydrogen (secondary N) is 2. The second kappa shape index (κ2) is 6.43. The minimum Gasteiger partial charge on any atom is -0.389 e.